The summed E-state index contributed by atoms with van der Waals surface area (Å²) in [6, 6.07) is 12.4. The summed E-state index contributed by atoms with van der Waals surface area (Å²) < 4.78 is 20.3. The number of thioether (sulfide) groups is 1. The van der Waals surface area contributed by atoms with Crippen molar-refractivity contribution in [3.05, 3.63) is 59.4 Å². The molecule has 0 aliphatic heterocycles. The van der Waals surface area contributed by atoms with Gasteiger partial charge in [0, 0.05) is 13.6 Å². The largest absolute Gasteiger partial charge is 0.494 e. The number of rotatable bonds is 7. The number of tetrazole rings is 1. The van der Waals surface area contributed by atoms with Crippen LogP contribution >= 0.6 is 11.8 Å². The normalized spacial score (nSPS) is 10.7. The van der Waals surface area contributed by atoms with Crippen molar-refractivity contribution in [2.24, 2.45) is 0 Å². The minimum atomic E-state index is -0.451. The average molecular weight is 401 g/mol. The van der Waals surface area contributed by atoms with Gasteiger partial charge in [0.05, 0.1) is 18.6 Å². The first kappa shape index (κ1) is 19.8. The second kappa shape index (κ2) is 8.83. The SMILES string of the molecule is COc1ccc(CN(C)C(=O)CSc2nnnn2-c2ccc(C)cc2)cc1F. The third-order valence-corrected chi connectivity index (χ3v) is 5.01. The fraction of sp³-hybridized carbons (Fsp3) is 0.263. The van der Waals surface area contributed by atoms with E-state index in [9.17, 15) is 9.18 Å². The molecule has 0 unspecified atom stereocenters. The fourth-order valence-corrected chi connectivity index (χ4v) is 3.36. The zero-order valence-corrected chi connectivity index (χ0v) is 16.6. The number of methoxy groups -OCH3 is 1. The number of hydrogen-bond donors (Lipinski definition) is 0. The fourth-order valence-electron chi connectivity index (χ4n) is 2.52. The third kappa shape index (κ3) is 4.66. The van der Waals surface area contributed by atoms with E-state index in [1.807, 2.05) is 31.2 Å². The molecule has 0 saturated carbocycles. The standard InChI is InChI=1S/C19H20FN5O2S/c1-13-4-7-15(8-5-13)25-19(21-22-23-25)28-12-18(26)24(2)11-14-6-9-17(27-3)16(20)10-14/h4-10H,11-12H2,1-3H3. The zero-order chi connectivity index (χ0) is 20.1. The van der Waals surface area contributed by atoms with Crippen molar-refractivity contribution in [2.75, 3.05) is 19.9 Å². The van der Waals surface area contributed by atoms with Crippen molar-refractivity contribution < 1.29 is 13.9 Å². The zero-order valence-electron chi connectivity index (χ0n) is 15.8. The average Bonchev–Trinajstić information content (AvgIpc) is 3.15. The molecule has 0 spiro atoms. The van der Waals surface area contributed by atoms with E-state index in [1.54, 1.807) is 23.9 Å². The molecule has 0 saturated heterocycles. The first-order chi connectivity index (χ1) is 13.5. The van der Waals surface area contributed by atoms with Crippen molar-refractivity contribution in [3.8, 4) is 11.4 Å². The van der Waals surface area contributed by atoms with Gasteiger partial charge in [0.1, 0.15) is 0 Å². The van der Waals surface area contributed by atoms with E-state index in [-0.39, 0.29) is 17.4 Å². The van der Waals surface area contributed by atoms with Crippen LogP contribution in [-0.2, 0) is 11.3 Å². The minimum absolute atomic E-state index is 0.111. The summed E-state index contributed by atoms with van der Waals surface area (Å²) >= 11 is 1.25. The van der Waals surface area contributed by atoms with Crippen LogP contribution < -0.4 is 4.74 Å². The number of nitrogens with zero attached hydrogens (tertiary/aromatic N) is 5. The number of aryl methyl sites for hydroxylation is 1. The molecule has 28 heavy (non-hydrogen) atoms. The van der Waals surface area contributed by atoms with Crippen LogP contribution in [0.25, 0.3) is 5.69 Å². The van der Waals surface area contributed by atoms with E-state index >= 15 is 0 Å². The Morgan fingerprint density at radius 1 is 1.25 bits per heavy atom. The van der Waals surface area contributed by atoms with Gasteiger partial charge in [0.15, 0.2) is 11.6 Å². The molecule has 3 rings (SSSR count). The van der Waals surface area contributed by atoms with Gasteiger partial charge >= 0.3 is 0 Å². The first-order valence-corrected chi connectivity index (χ1v) is 9.51. The first-order valence-electron chi connectivity index (χ1n) is 8.52. The predicted molar refractivity (Wildman–Crippen MR) is 104 cm³/mol. The molecule has 146 valence electrons. The van der Waals surface area contributed by atoms with Crippen molar-refractivity contribution >= 4 is 17.7 Å². The Morgan fingerprint density at radius 3 is 2.68 bits per heavy atom. The molecule has 0 fully saturated rings. The number of benzene rings is 2. The van der Waals surface area contributed by atoms with Crippen LogP contribution in [0.1, 0.15) is 11.1 Å². The van der Waals surface area contributed by atoms with E-state index in [1.165, 1.54) is 29.8 Å². The van der Waals surface area contributed by atoms with Gasteiger partial charge < -0.3 is 9.64 Å². The van der Waals surface area contributed by atoms with Crippen LogP contribution in [0.2, 0.25) is 0 Å². The molecule has 1 amide bonds. The Hall–Kier alpha value is -2.94. The highest BCUT2D eigenvalue weighted by Crippen LogP contribution is 2.21. The molecule has 0 aliphatic rings. The van der Waals surface area contributed by atoms with Crippen LogP contribution in [0.5, 0.6) is 5.75 Å². The summed E-state index contributed by atoms with van der Waals surface area (Å²) in [5.41, 5.74) is 2.65. The van der Waals surface area contributed by atoms with Crippen LogP contribution in [0.3, 0.4) is 0 Å². The van der Waals surface area contributed by atoms with Gasteiger partial charge in [-0.3, -0.25) is 4.79 Å². The maximum Gasteiger partial charge on any atom is 0.233 e. The van der Waals surface area contributed by atoms with Crippen LogP contribution in [0.4, 0.5) is 4.39 Å². The Balaban J connectivity index is 1.60. The Morgan fingerprint density at radius 2 is 2.00 bits per heavy atom. The third-order valence-electron chi connectivity index (χ3n) is 4.11. The van der Waals surface area contributed by atoms with Crippen LogP contribution in [-0.4, -0.2) is 50.9 Å². The molecule has 1 aromatic heterocycles. The Labute approximate surface area is 166 Å². The Kier molecular flexibility index (Phi) is 6.25. The molecule has 3 aromatic rings. The molecule has 0 atom stereocenters. The smallest absolute Gasteiger partial charge is 0.233 e. The van der Waals surface area contributed by atoms with Crippen molar-refractivity contribution in [2.45, 2.75) is 18.6 Å². The lowest BCUT2D eigenvalue weighted by Gasteiger charge is -2.17. The van der Waals surface area contributed by atoms with E-state index in [2.05, 4.69) is 15.5 Å². The number of carbonyl (C=O) groups excluding carboxylic acids is 1. The predicted octanol–water partition coefficient (Wildman–Crippen LogP) is 2.87. The van der Waals surface area contributed by atoms with E-state index < -0.39 is 5.82 Å². The van der Waals surface area contributed by atoms with Gasteiger partial charge in [-0.25, -0.2) is 4.39 Å². The topological polar surface area (TPSA) is 73.1 Å². The summed E-state index contributed by atoms with van der Waals surface area (Å²) in [6.07, 6.45) is 0. The molecule has 0 N–H and O–H groups in total. The summed E-state index contributed by atoms with van der Waals surface area (Å²) in [5.74, 6) is -0.218. The quantitative estimate of drug-likeness (QED) is 0.567. The van der Waals surface area contributed by atoms with Gasteiger partial charge in [-0.2, -0.15) is 4.68 Å². The number of aromatic nitrogens is 4. The monoisotopic (exact) mass is 401 g/mol. The van der Waals surface area contributed by atoms with Gasteiger partial charge in [0.2, 0.25) is 11.1 Å². The lowest BCUT2D eigenvalue weighted by molar-refractivity contribution is -0.127. The van der Waals surface area contributed by atoms with Gasteiger partial charge in [0.25, 0.3) is 0 Å². The van der Waals surface area contributed by atoms with Gasteiger partial charge in [-0.05, 0) is 47.2 Å². The maximum absolute atomic E-state index is 13.8. The molecule has 0 bridgehead atoms. The van der Waals surface area contributed by atoms with E-state index in [0.29, 0.717) is 17.3 Å². The maximum atomic E-state index is 13.8. The molecule has 7 nitrogen and oxygen atoms in total. The summed E-state index contributed by atoms with van der Waals surface area (Å²) in [4.78, 5) is 14.0. The number of carbonyl (C=O) groups is 1. The molecular formula is C19H20FN5O2S. The number of halogens is 1. The molecule has 0 aliphatic carbocycles. The van der Waals surface area contributed by atoms with E-state index in [0.717, 1.165) is 11.3 Å². The highest BCUT2D eigenvalue weighted by atomic mass is 32.2. The molecule has 2 aromatic carbocycles. The van der Waals surface area contributed by atoms with Gasteiger partial charge in [-0.15, -0.1) is 5.10 Å². The van der Waals surface area contributed by atoms with Crippen molar-refractivity contribution in [1.82, 2.24) is 25.1 Å². The lowest BCUT2D eigenvalue weighted by atomic mass is 10.2. The summed E-state index contributed by atoms with van der Waals surface area (Å²) in [5, 5.41) is 12.2. The minimum Gasteiger partial charge on any atom is -0.494 e. The Bertz CT molecular complexity index is 961. The van der Waals surface area contributed by atoms with E-state index in [4.69, 9.17) is 4.74 Å². The lowest BCUT2D eigenvalue weighted by Crippen LogP contribution is -2.28. The highest BCUT2D eigenvalue weighted by Gasteiger charge is 2.15. The van der Waals surface area contributed by atoms with Gasteiger partial charge in [-0.1, -0.05) is 35.5 Å². The van der Waals surface area contributed by atoms with Crippen LogP contribution in [0, 0.1) is 12.7 Å². The van der Waals surface area contributed by atoms with Crippen LogP contribution in [0.15, 0.2) is 47.6 Å². The number of amides is 1. The summed E-state index contributed by atoms with van der Waals surface area (Å²) in [6.45, 7) is 2.30. The highest BCUT2D eigenvalue weighted by molar-refractivity contribution is 7.99. The van der Waals surface area contributed by atoms with Crippen molar-refractivity contribution in [3.63, 3.8) is 0 Å². The van der Waals surface area contributed by atoms with Crippen molar-refractivity contribution in [1.29, 1.82) is 0 Å². The molecule has 1 heterocycles. The second-order valence-electron chi connectivity index (χ2n) is 6.22. The number of hydrogen-bond acceptors (Lipinski definition) is 6. The number of ether oxygens (including phenoxy) is 1. The molecule has 9 heteroatoms. The second-order valence-corrected chi connectivity index (χ2v) is 7.16. The molecule has 0 radical (unpaired) electrons. The molecular weight excluding hydrogens is 381 g/mol. The summed E-state index contributed by atoms with van der Waals surface area (Å²) in [7, 11) is 3.09.